The van der Waals surface area contributed by atoms with Gasteiger partial charge in [0.1, 0.15) is 11.6 Å². The third-order valence-electron chi connectivity index (χ3n) is 3.17. The van der Waals surface area contributed by atoms with E-state index in [9.17, 15) is 0 Å². The lowest BCUT2D eigenvalue weighted by atomic mass is 10.1. The molecule has 4 nitrogen and oxygen atoms in total. The molecule has 100 valence electrons. The average Bonchev–Trinajstić information content (AvgIpc) is 2.46. The molecule has 1 heterocycles. The maximum atomic E-state index is 5.91. The van der Waals surface area contributed by atoms with Gasteiger partial charge >= 0.3 is 0 Å². The van der Waals surface area contributed by atoms with Crippen molar-refractivity contribution >= 4 is 23.2 Å². The molecular formula is C14H17ClN4. The van der Waals surface area contributed by atoms with Crippen molar-refractivity contribution in [1.29, 1.82) is 0 Å². The van der Waals surface area contributed by atoms with Crippen LogP contribution >= 0.6 is 11.6 Å². The van der Waals surface area contributed by atoms with Crippen LogP contribution in [-0.2, 0) is 0 Å². The third kappa shape index (κ3) is 3.15. The van der Waals surface area contributed by atoms with Crippen molar-refractivity contribution in [3.8, 4) is 0 Å². The van der Waals surface area contributed by atoms with Crippen LogP contribution in [0.1, 0.15) is 18.5 Å². The number of rotatable bonds is 4. The fourth-order valence-corrected chi connectivity index (χ4v) is 1.94. The number of hydrogen-bond donors (Lipinski definition) is 1. The molecule has 0 saturated carbocycles. The number of nitrogens with one attached hydrogen (secondary N) is 1. The summed E-state index contributed by atoms with van der Waals surface area (Å²) in [6.07, 6.45) is 3.46. The number of halogens is 1. The van der Waals surface area contributed by atoms with E-state index in [-0.39, 0.29) is 6.04 Å². The molecule has 0 bridgehead atoms. The van der Waals surface area contributed by atoms with E-state index in [1.165, 1.54) is 5.56 Å². The van der Waals surface area contributed by atoms with Gasteiger partial charge in [-0.15, -0.1) is 0 Å². The molecular weight excluding hydrogens is 260 g/mol. The minimum atomic E-state index is 0.193. The Labute approximate surface area is 118 Å². The van der Waals surface area contributed by atoms with Gasteiger partial charge in [0, 0.05) is 19.1 Å². The van der Waals surface area contributed by atoms with Crippen molar-refractivity contribution in [1.82, 2.24) is 9.97 Å². The Morgan fingerprint density at radius 1 is 1.21 bits per heavy atom. The first-order chi connectivity index (χ1) is 9.11. The second-order valence-electron chi connectivity index (χ2n) is 4.35. The van der Waals surface area contributed by atoms with Crippen LogP contribution in [0.3, 0.4) is 0 Å². The number of benzene rings is 1. The fourth-order valence-electron chi connectivity index (χ4n) is 1.81. The Hall–Kier alpha value is -1.81. The molecule has 0 amide bonds. The highest BCUT2D eigenvalue weighted by atomic mass is 35.5. The SMILES string of the molecule is CNc1cncc(N(C)C(C)c2ccc(Cl)cc2)n1. The van der Waals surface area contributed by atoms with Crippen molar-refractivity contribution < 1.29 is 0 Å². The van der Waals surface area contributed by atoms with Gasteiger partial charge < -0.3 is 10.2 Å². The molecule has 0 spiro atoms. The summed E-state index contributed by atoms with van der Waals surface area (Å²) < 4.78 is 0. The Balaban J connectivity index is 2.22. The largest absolute Gasteiger partial charge is 0.372 e. The molecule has 0 aliphatic carbocycles. The van der Waals surface area contributed by atoms with Crippen LogP contribution in [0.25, 0.3) is 0 Å². The van der Waals surface area contributed by atoms with E-state index >= 15 is 0 Å². The van der Waals surface area contributed by atoms with Gasteiger partial charge in [-0.2, -0.15) is 0 Å². The van der Waals surface area contributed by atoms with E-state index in [2.05, 4.69) is 27.1 Å². The first kappa shape index (κ1) is 13.6. The average molecular weight is 277 g/mol. The molecule has 0 aliphatic rings. The molecule has 1 aromatic carbocycles. The van der Waals surface area contributed by atoms with Gasteiger partial charge in [0.15, 0.2) is 0 Å². The van der Waals surface area contributed by atoms with Gasteiger partial charge in [0.2, 0.25) is 0 Å². The Bertz CT molecular complexity index is 541. The normalized spacial score (nSPS) is 12.0. The summed E-state index contributed by atoms with van der Waals surface area (Å²) >= 11 is 5.91. The topological polar surface area (TPSA) is 41.1 Å². The zero-order valence-corrected chi connectivity index (χ0v) is 12.0. The third-order valence-corrected chi connectivity index (χ3v) is 3.42. The molecule has 1 aromatic heterocycles. The lowest BCUT2D eigenvalue weighted by molar-refractivity contribution is 0.727. The molecule has 2 rings (SSSR count). The molecule has 0 fully saturated rings. The minimum Gasteiger partial charge on any atom is -0.372 e. The van der Waals surface area contributed by atoms with E-state index in [4.69, 9.17) is 11.6 Å². The number of nitrogens with zero attached hydrogens (tertiary/aromatic N) is 3. The number of hydrogen-bond acceptors (Lipinski definition) is 4. The van der Waals surface area contributed by atoms with Crippen LogP contribution in [0, 0.1) is 0 Å². The molecule has 1 N–H and O–H groups in total. The van der Waals surface area contributed by atoms with Crippen molar-refractivity contribution in [2.45, 2.75) is 13.0 Å². The second kappa shape index (κ2) is 5.89. The molecule has 2 aromatic rings. The lowest BCUT2D eigenvalue weighted by Crippen LogP contribution is -2.23. The van der Waals surface area contributed by atoms with E-state index in [0.29, 0.717) is 0 Å². The minimum absolute atomic E-state index is 0.193. The quantitative estimate of drug-likeness (QED) is 0.930. The summed E-state index contributed by atoms with van der Waals surface area (Å²) in [5.41, 5.74) is 1.18. The first-order valence-corrected chi connectivity index (χ1v) is 6.47. The molecule has 0 aliphatic heterocycles. The van der Waals surface area contributed by atoms with Crippen LogP contribution in [0.4, 0.5) is 11.6 Å². The van der Waals surface area contributed by atoms with Crippen molar-refractivity contribution in [3.63, 3.8) is 0 Å². The van der Waals surface area contributed by atoms with Gasteiger partial charge in [-0.25, -0.2) is 4.98 Å². The Morgan fingerprint density at radius 2 is 1.89 bits per heavy atom. The summed E-state index contributed by atoms with van der Waals surface area (Å²) in [4.78, 5) is 10.7. The molecule has 19 heavy (non-hydrogen) atoms. The molecule has 5 heteroatoms. The molecule has 0 radical (unpaired) electrons. The lowest BCUT2D eigenvalue weighted by Gasteiger charge is -2.26. The molecule has 0 saturated heterocycles. The van der Waals surface area contributed by atoms with Crippen molar-refractivity contribution in [2.24, 2.45) is 0 Å². The fraction of sp³-hybridized carbons (Fsp3) is 0.286. The van der Waals surface area contributed by atoms with Crippen LogP contribution in [0.5, 0.6) is 0 Å². The Morgan fingerprint density at radius 3 is 2.53 bits per heavy atom. The van der Waals surface area contributed by atoms with Gasteiger partial charge in [0.25, 0.3) is 0 Å². The highest BCUT2D eigenvalue weighted by Gasteiger charge is 2.14. The maximum absolute atomic E-state index is 5.91. The van der Waals surface area contributed by atoms with E-state index < -0.39 is 0 Å². The summed E-state index contributed by atoms with van der Waals surface area (Å²) in [7, 11) is 3.83. The van der Waals surface area contributed by atoms with E-state index in [0.717, 1.165) is 16.7 Å². The van der Waals surface area contributed by atoms with Crippen LogP contribution in [0.2, 0.25) is 5.02 Å². The molecule has 1 atom stereocenters. The smallest absolute Gasteiger partial charge is 0.149 e. The van der Waals surface area contributed by atoms with Crippen LogP contribution < -0.4 is 10.2 Å². The maximum Gasteiger partial charge on any atom is 0.149 e. The highest BCUT2D eigenvalue weighted by molar-refractivity contribution is 6.30. The number of anilines is 2. The highest BCUT2D eigenvalue weighted by Crippen LogP contribution is 2.24. The zero-order valence-electron chi connectivity index (χ0n) is 11.3. The summed E-state index contributed by atoms with van der Waals surface area (Å²) in [6.45, 7) is 2.12. The summed E-state index contributed by atoms with van der Waals surface area (Å²) in [5.74, 6) is 1.59. The predicted molar refractivity (Wildman–Crippen MR) is 79.8 cm³/mol. The van der Waals surface area contributed by atoms with E-state index in [1.807, 2.05) is 38.4 Å². The standard InChI is InChI=1S/C14H17ClN4/c1-10(11-4-6-12(15)7-5-11)19(3)14-9-17-8-13(16-2)18-14/h4-10H,1-3H3,(H,16,18). The van der Waals surface area contributed by atoms with Crippen LogP contribution in [0.15, 0.2) is 36.7 Å². The number of aromatic nitrogens is 2. The first-order valence-electron chi connectivity index (χ1n) is 6.10. The van der Waals surface area contributed by atoms with Crippen molar-refractivity contribution in [2.75, 3.05) is 24.3 Å². The Kier molecular flexibility index (Phi) is 4.22. The summed E-state index contributed by atoms with van der Waals surface area (Å²) in [5, 5.41) is 3.74. The van der Waals surface area contributed by atoms with Crippen molar-refractivity contribution in [3.05, 3.63) is 47.2 Å². The van der Waals surface area contributed by atoms with E-state index in [1.54, 1.807) is 12.4 Å². The van der Waals surface area contributed by atoms with Gasteiger partial charge in [-0.05, 0) is 24.6 Å². The monoisotopic (exact) mass is 276 g/mol. The van der Waals surface area contributed by atoms with Crippen LogP contribution in [-0.4, -0.2) is 24.1 Å². The van der Waals surface area contributed by atoms with Gasteiger partial charge in [0.05, 0.1) is 18.4 Å². The van der Waals surface area contributed by atoms with Gasteiger partial charge in [-0.3, -0.25) is 4.98 Å². The van der Waals surface area contributed by atoms with Gasteiger partial charge in [-0.1, -0.05) is 23.7 Å². The zero-order chi connectivity index (χ0) is 13.8. The molecule has 1 unspecified atom stereocenters. The predicted octanol–water partition coefficient (Wildman–Crippen LogP) is 3.37. The summed E-state index contributed by atoms with van der Waals surface area (Å²) in [6, 6.07) is 8.05. The second-order valence-corrected chi connectivity index (χ2v) is 4.79.